The second kappa shape index (κ2) is 7.32. The van der Waals surface area contributed by atoms with Gasteiger partial charge in [0, 0.05) is 6.92 Å². The third kappa shape index (κ3) is 6.61. The molecule has 1 fully saturated rings. The van der Waals surface area contributed by atoms with E-state index in [0.29, 0.717) is 0 Å². The number of amides is 1. The molecule has 5 atom stereocenters. The molecule has 0 aromatic rings. The molecule has 0 aromatic heterocycles. The quantitative estimate of drug-likeness (QED) is 0.285. The second-order valence-electron chi connectivity index (χ2n) is 4.48. The molecule has 0 spiro atoms. The van der Waals surface area contributed by atoms with Crippen LogP contribution in [-0.2, 0) is 38.7 Å². The van der Waals surface area contributed by atoms with Crippen molar-refractivity contribution in [3.63, 3.8) is 0 Å². The van der Waals surface area contributed by atoms with Crippen molar-refractivity contribution in [2.75, 3.05) is 6.61 Å². The van der Waals surface area contributed by atoms with Gasteiger partial charge in [0.25, 0.3) is 0 Å². The Balaban J connectivity index is 3.00. The van der Waals surface area contributed by atoms with E-state index in [1.54, 1.807) is 0 Å². The number of nitrogens with one attached hydrogen (secondary N) is 1. The van der Waals surface area contributed by atoms with Crippen LogP contribution in [0.5, 0.6) is 0 Å². The third-order valence-electron chi connectivity index (χ3n) is 2.68. The molecule has 1 aliphatic rings. The van der Waals surface area contributed by atoms with Gasteiger partial charge < -0.3 is 20.3 Å². The fraction of sp³-hybridized carbons (Fsp3) is 0.875. The van der Waals surface area contributed by atoms with Crippen molar-refractivity contribution in [3.8, 4) is 0 Å². The number of hydrogen-bond acceptors (Lipinski definition) is 10. The normalized spacial score (nSPS) is 32.5. The summed E-state index contributed by atoms with van der Waals surface area (Å²) in [5, 5.41) is 21.7. The maximum atomic E-state index is 11.1. The Bertz CT molecular complexity index is 629. The molecule has 13 nitrogen and oxygen atoms in total. The molecular formula is C8H15NO12S2. The van der Waals surface area contributed by atoms with Crippen LogP contribution >= 0.6 is 0 Å². The first kappa shape index (κ1) is 20.1. The first-order valence-corrected chi connectivity index (χ1v) is 8.59. The highest BCUT2D eigenvalue weighted by atomic mass is 32.3. The highest BCUT2D eigenvalue weighted by molar-refractivity contribution is 7.81. The number of ether oxygens (including phenoxy) is 1. The van der Waals surface area contributed by atoms with Gasteiger partial charge in [-0.05, 0) is 0 Å². The number of aliphatic hydroxyl groups is 2. The molecule has 1 heterocycles. The smallest absolute Gasteiger partial charge is 0.387 e. The molecule has 136 valence electrons. The maximum Gasteiger partial charge on any atom is 0.397 e. The average molecular weight is 381 g/mol. The van der Waals surface area contributed by atoms with E-state index < -0.39 is 64.0 Å². The summed E-state index contributed by atoms with van der Waals surface area (Å²) in [7, 11) is -10.0. The topological polar surface area (TPSA) is 206 Å². The van der Waals surface area contributed by atoms with Crippen LogP contribution in [0.25, 0.3) is 0 Å². The first-order valence-electron chi connectivity index (χ1n) is 5.86. The van der Waals surface area contributed by atoms with Gasteiger partial charge in [0.1, 0.15) is 24.4 Å². The molecule has 1 rings (SSSR count). The Morgan fingerprint density at radius 3 is 2.17 bits per heavy atom. The van der Waals surface area contributed by atoms with Crippen LogP contribution < -0.4 is 5.32 Å². The van der Waals surface area contributed by atoms with E-state index in [0.717, 1.165) is 6.92 Å². The van der Waals surface area contributed by atoms with Gasteiger partial charge in [-0.3, -0.25) is 13.9 Å². The van der Waals surface area contributed by atoms with Crippen LogP contribution in [0.4, 0.5) is 0 Å². The van der Waals surface area contributed by atoms with E-state index in [2.05, 4.69) is 8.37 Å². The van der Waals surface area contributed by atoms with Crippen molar-refractivity contribution in [1.82, 2.24) is 5.32 Å². The first-order chi connectivity index (χ1) is 10.3. The fourth-order valence-corrected chi connectivity index (χ4v) is 2.69. The predicted octanol–water partition coefficient (Wildman–Crippen LogP) is -3.42. The molecule has 0 radical (unpaired) electrons. The molecule has 5 N–H and O–H groups in total. The van der Waals surface area contributed by atoms with Crippen LogP contribution in [0.3, 0.4) is 0 Å². The van der Waals surface area contributed by atoms with Crippen LogP contribution in [0, 0.1) is 0 Å². The van der Waals surface area contributed by atoms with Gasteiger partial charge in [-0.1, -0.05) is 0 Å². The molecule has 0 unspecified atom stereocenters. The van der Waals surface area contributed by atoms with E-state index in [-0.39, 0.29) is 0 Å². The number of aliphatic hydroxyl groups excluding tert-OH is 2. The minimum absolute atomic E-state index is 0.749. The largest absolute Gasteiger partial charge is 0.397 e. The van der Waals surface area contributed by atoms with Gasteiger partial charge in [0.05, 0.1) is 6.61 Å². The third-order valence-corrected chi connectivity index (χ3v) is 3.58. The Morgan fingerprint density at radius 1 is 1.17 bits per heavy atom. The fourth-order valence-electron chi connectivity index (χ4n) is 1.87. The lowest BCUT2D eigenvalue weighted by molar-refractivity contribution is -0.247. The van der Waals surface area contributed by atoms with Crippen LogP contribution in [0.2, 0.25) is 0 Å². The predicted molar refractivity (Wildman–Crippen MR) is 68.4 cm³/mol. The Labute approximate surface area is 131 Å². The summed E-state index contributed by atoms with van der Waals surface area (Å²) in [5.41, 5.74) is 0. The van der Waals surface area contributed by atoms with Gasteiger partial charge >= 0.3 is 20.8 Å². The van der Waals surface area contributed by atoms with Gasteiger partial charge in [0.15, 0.2) is 6.29 Å². The molecule has 1 saturated heterocycles. The monoisotopic (exact) mass is 381 g/mol. The van der Waals surface area contributed by atoms with Crippen molar-refractivity contribution < 1.29 is 54.1 Å². The number of carbonyl (C=O) groups excluding carboxylic acids is 1. The highest BCUT2D eigenvalue weighted by Crippen LogP contribution is 2.24. The molecule has 1 aliphatic heterocycles. The van der Waals surface area contributed by atoms with E-state index in [9.17, 15) is 31.8 Å². The summed E-state index contributed by atoms with van der Waals surface area (Å²) in [4.78, 5) is 11.1. The minimum Gasteiger partial charge on any atom is -0.387 e. The van der Waals surface area contributed by atoms with Crippen molar-refractivity contribution in [2.45, 2.75) is 37.6 Å². The number of hydrogen-bond donors (Lipinski definition) is 5. The van der Waals surface area contributed by atoms with Crippen LogP contribution in [0.1, 0.15) is 6.92 Å². The van der Waals surface area contributed by atoms with Gasteiger partial charge in [-0.25, -0.2) is 8.37 Å². The lowest BCUT2D eigenvalue weighted by Crippen LogP contribution is -2.65. The lowest BCUT2D eigenvalue weighted by atomic mass is 9.97. The van der Waals surface area contributed by atoms with Gasteiger partial charge in [-0.2, -0.15) is 16.8 Å². The summed E-state index contributed by atoms with van der Waals surface area (Å²) in [5.74, 6) is -0.749. The Hall–Kier alpha value is -0.910. The maximum absolute atomic E-state index is 11.1. The zero-order valence-electron chi connectivity index (χ0n) is 11.5. The SMILES string of the molecule is CC(=O)N[C@@H]1[C@@H](OS(=O)(=O)O)[C@@H](O)[C@@H](COS(=O)(=O)O)O[C@H]1O. The molecule has 15 heteroatoms. The van der Waals surface area contributed by atoms with E-state index >= 15 is 0 Å². The number of rotatable bonds is 6. The summed E-state index contributed by atoms with van der Waals surface area (Å²) in [6, 6.07) is -1.61. The van der Waals surface area contributed by atoms with E-state index in [1.807, 2.05) is 5.32 Å². The zero-order valence-corrected chi connectivity index (χ0v) is 13.1. The zero-order chi connectivity index (χ0) is 18.0. The van der Waals surface area contributed by atoms with Crippen molar-refractivity contribution >= 4 is 26.7 Å². The molecule has 0 bridgehead atoms. The molecule has 0 saturated carbocycles. The van der Waals surface area contributed by atoms with Crippen LogP contribution in [-0.4, -0.2) is 79.3 Å². The standard InChI is InChI=1S/C8H15NO12S2/c1-3(10)9-5-7(21-23(16,17)18)6(11)4(20-8(5)12)2-19-22(13,14)15/h4-8,11-12H,2H2,1H3,(H,9,10)(H,13,14,15)(H,16,17,18)/t4-,5-,6+,7-,8-/m1/s1. The molecular weight excluding hydrogens is 366 g/mol. The van der Waals surface area contributed by atoms with Gasteiger partial charge in [-0.15, -0.1) is 0 Å². The van der Waals surface area contributed by atoms with Crippen molar-refractivity contribution in [3.05, 3.63) is 0 Å². The van der Waals surface area contributed by atoms with Gasteiger partial charge in [0.2, 0.25) is 5.91 Å². The lowest BCUT2D eigenvalue weighted by Gasteiger charge is -2.41. The molecule has 23 heavy (non-hydrogen) atoms. The summed E-state index contributed by atoms with van der Waals surface area (Å²) >= 11 is 0. The molecule has 0 aliphatic carbocycles. The van der Waals surface area contributed by atoms with E-state index in [1.165, 1.54) is 0 Å². The Morgan fingerprint density at radius 2 is 1.74 bits per heavy atom. The summed E-state index contributed by atoms with van der Waals surface area (Å²) in [6.45, 7) is 0.00628. The van der Waals surface area contributed by atoms with E-state index in [4.69, 9.17) is 13.8 Å². The summed E-state index contributed by atoms with van der Waals surface area (Å²) in [6.07, 6.45) is -7.49. The van der Waals surface area contributed by atoms with Crippen molar-refractivity contribution in [2.24, 2.45) is 0 Å². The molecule has 0 aromatic carbocycles. The Kier molecular flexibility index (Phi) is 6.41. The molecule has 1 amide bonds. The summed E-state index contributed by atoms with van der Waals surface area (Å²) < 4.78 is 72.7. The minimum atomic E-state index is -5.10. The van der Waals surface area contributed by atoms with Crippen LogP contribution in [0.15, 0.2) is 0 Å². The van der Waals surface area contributed by atoms with Crippen molar-refractivity contribution in [1.29, 1.82) is 0 Å². The average Bonchev–Trinajstić information content (AvgIpc) is 2.33. The number of carbonyl (C=O) groups is 1. The highest BCUT2D eigenvalue weighted by Gasteiger charge is 2.48. The second-order valence-corrected chi connectivity index (χ2v) is 6.62.